The van der Waals surface area contributed by atoms with Crippen LogP contribution in [0.25, 0.3) is 0 Å². The molecule has 0 saturated carbocycles. The van der Waals surface area contributed by atoms with Crippen molar-refractivity contribution in [1.82, 2.24) is 10.6 Å². The van der Waals surface area contributed by atoms with E-state index in [2.05, 4.69) is 17.2 Å². The fourth-order valence-corrected chi connectivity index (χ4v) is 0.924. The number of hydrogen-bond donors (Lipinski definition) is 2. The van der Waals surface area contributed by atoms with Gasteiger partial charge in [0.1, 0.15) is 11.4 Å². The largest absolute Gasteiger partial charge is 0.444 e. The third-order valence-electron chi connectivity index (χ3n) is 1.59. The van der Waals surface area contributed by atoms with E-state index in [1.807, 2.05) is 0 Å². The van der Waals surface area contributed by atoms with Crippen LogP contribution in [0, 0.1) is 0 Å². The Hall–Kier alpha value is -1.78. The van der Waals surface area contributed by atoms with Crippen LogP contribution in [0.5, 0.6) is 0 Å². The summed E-state index contributed by atoms with van der Waals surface area (Å²) in [5.74, 6) is -0.361. The minimum atomic E-state index is -0.564. The lowest BCUT2D eigenvalue weighted by molar-refractivity contribution is 0.0534. The van der Waals surface area contributed by atoms with Gasteiger partial charge >= 0.3 is 6.09 Å². The number of carbonyl (C=O) groups excluding carboxylic acids is 1. The second-order valence-corrected chi connectivity index (χ2v) is 4.51. The zero-order valence-electron chi connectivity index (χ0n) is 11.1. The summed E-state index contributed by atoms with van der Waals surface area (Å²) in [6.45, 7) is 8.93. The van der Waals surface area contributed by atoms with Gasteiger partial charge in [-0.25, -0.2) is 9.18 Å². The normalized spacial score (nSPS) is 12.3. The molecule has 1 amide bonds. The van der Waals surface area contributed by atoms with E-state index in [9.17, 15) is 9.18 Å². The molecule has 0 rings (SSSR count). The zero-order valence-corrected chi connectivity index (χ0v) is 11.1. The molecule has 0 atom stereocenters. The van der Waals surface area contributed by atoms with Crippen molar-refractivity contribution in [3.63, 3.8) is 0 Å². The van der Waals surface area contributed by atoms with Gasteiger partial charge < -0.3 is 15.4 Å². The number of alkyl carbamates (subject to hydrolysis) is 1. The Balaban J connectivity index is 3.83. The van der Waals surface area contributed by atoms with Crippen molar-refractivity contribution in [3.05, 3.63) is 36.8 Å². The first kappa shape index (κ1) is 16.2. The Kier molecular flexibility index (Phi) is 7.51. The van der Waals surface area contributed by atoms with Gasteiger partial charge in [-0.2, -0.15) is 0 Å². The molecule has 0 aliphatic carbocycles. The Labute approximate surface area is 108 Å². The second-order valence-electron chi connectivity index (χ2n) is 4.51. The van der Waals surface area contributed by atoms with E-state index in [1.165, 1.54) is 6.08 Å². The minimum Gasteiger partial charge on any atom is -0.444 e. The highest BCUT2D eigenvalue weighted by Gasteiger charge is 2.15. The van der Waals surface area contributed by atoms with E-state index in [0.717, 1.165) is 0 Å². The summed E-state index contributed by atoms with van der Waals surface area (Å²) in [5.41, 5.74) is -0.552. The van der Waals surface area contributed by atoms with Gasteiger partial charge in [0.15, 0.2) is 0 Å². The van der Waals surface area contributed by atoms with E-state index >= 15 is 0 Å². The van der Waals surface area contributed by atoms with Gasteiger partial charge in [-0.1, -0.05) is 12.7 Å². The molecule has 0 radical (unpaired) electrons. The van der Waals surface area contributed by atoms with Gasteiger partial charge in [-0.3, -0.25) is 0 Å². The molecule has 0 fully saturated rings. The number of halogens is 1. The van der Waals surface area contributed by atoms with Gasteiger partial charge in [0, 0.05) is 6.54 Å². The first-order valence-electron chi connectivity index (χ1n) is 5.67. The maximum Gasteiger partial charge on any atom is 0.407 e. The summed E-state index contributed by atoms with van der Waals surface area (Å²) in [5, 5.41) is 5.16. The predicted octanol–water partition coefficient (Wildman–Crippen LogP) is 2.65. The summed E-state index contributed by atoms with van der Waals surface area (Å²) in [6.07, 6.45) is 5.54. The number of allylic oxidation sites excluding steroid dienone is 2. The number of amides is 1. The summed E-state index contributed by atoms with van der Waals surface area (Å²) < 4.78 is 18.2. The Morgan fingerprint density at radius 1 is 1.44 bits per heavy atom. The summed E-state index contributed by atoms with van der Waals surface area (Å²) in [7, 11) is 0. The fourth-order valence-electron chi connectivity index (χ4n) is 0.924. The van der Waals surface area contributed by atoms with Gasteiger partial charge in [-0.05, 0) is 39.1 Å². The molecule has 0 saturated heterocycles. The lowest BCUT2D eigenvalue weighted by Crippen LogP contribution is -2.32. The van der Waals surface area contributed by atoms with Crippen LogP contribution in [0.3, 0.4) is 0 Å². The standard InChI is InChI=1S/C13H21FN2O2/c1-5-6-8-15-10-11(14)7-9-16-12(17)18-13(2,3)4/h5-8,15H,1,9-10H2,2-4H3,(H,16,17)/b8-6+,11-7-. The molecule has 0 spiro atoms. The number of ether oxygens (including phenoxy) is 1. The van der Waals surface area contributed by atoms with Crippen LogP contribution in [-0.4, -0.2) is 24.8 Å². The Bertz CT molecular complexity index is 330. The molecule has 0 aliphatic rings. The third-order valence-corrected chi connectivity index (χ3v) is 1.59. The molecule has 18 heavy (non-hydrogen) atoms. The zero-order chi connectivity index (χ0) is 14.0. The van der Waals surface area contributed by atoms with Crippen LogP contribution in [-0.2, 0) is 4.74 Å². The second kappa shape index (κ2) is 8.33. The highest BCUT2D eigenvalue weighted by atomic mass is 19.1. The Morgan fingerprint density at radius 2 is 2.11 bits per heavy atom. The van der Waals surface area contributed by atoms with E-state index in [4.69, 9.17) is 4.74 Å². The van der Waals surface area contributed by atoms with Gasteiger partial charge in [0.25, 0.3) is 0 Å². The van der Waals surface area contributed by atoms with Crippen LogP contribution < -0.4 is 10.6 Å². The topological polar surface area (TPSA) is 50.4 Å². The predicted molar refractivity (Wildman–Crippen MR) is 70.8 cm³/mol. The van der Waals surface area contributed by atoms with Crippen LogP contribution in [0.1, 0.15) is 20.8 Å². The number of carbonyl (C=O) groups is 1. The summed E-state index contributed by atoms with van der Waals surface area (Å²) >= 11 is 0. The highest BCUT2D eigenvalue weighted by molar-refractivity contribution is 5.67. The molecule has 0 heterocycles. The quantitative estimate of drug-likeness (QED) is 0.718. The molecule has 0 aromatic heterocycles. The molecule has 0 aliphatic heterocycles. The van der Waals surface area contributed by atoms with Crippen LogP contribution in [0.2, 0.25) is 0 Å². The van der Waals surface area contributed by atoms with Crippen molar-refractivity contribution >= 4 is 6.09 Å². The molecule has 102 valence electrons. The van der Waals surface area contributed by atoms with Gasteiger partial charge in [-0.15, -0.1) is 0 Å². The van der Waals surface area contributed by atoms with Crippen molar-refractivity contribution in [1.29, 1.82) is 0 Å². The molecule has 0 bridgehead atoms. The van der Waals surface area contributed by atoms with Crippen molar-refractivity contribution in [3.8, 4) is 0 Å². The Morgan fingerprint density at radius 3 is 2.67 bits per heavy atom. The van der Waals surface area contributed by atoms with E-state index in [-0.39, 0.29) is 18.9 Å². The minimum absolute atomic E-state index is 0.0698. The lowest BCUT2D eigenvalue weighted by atomic mass is 10.2. The first-order valence-corrected chi connectivity index (χ1v) is 5.67. The molecule has 5 heteroatoms. The van der Waals surface area contributed by atoms with Crippen LogP contribution >= 0.6 is 0 Å². The molecular formula is C13H21FN2O2. The molecule has 0 unspecified atom stereocenters. The smallest absolute Gasteiger partial charge is 0.407 e. The fraction of sp³-hybridized carbons (Fsp3) is 0.462. The van der Waals surface area contributed by atoms with Gasteiger partial charge in [0.2, 0.25) is 0 Å². The maximum atomic E-state index is 13.2. The summed E-state index contributed by atoms with van der Waals surface area (Å²) in [4.78, 5) is 11.2. The van der Waals surface area contributed by atoms with Gasteiger partial charge in [0.05, 0.1) is 6.54 Å². The van der Waals surface area contributed by atoms with E-state index < -0.39 is 11.7 Å². The number of rotatable bonds is 6. The molecule has 0 aromatic carbocycles. The lowest BCUT2D eigenvalue weighted by Gasteiger charge is -2.19. The van der Waals surface area contributed by atoms with Crippen molar-refractivity contribution in [2.24, 2.45) is 0 Å². The molecule has 4 nitrogen and oxygen atoms in total. The molecule has 2 N–H and O–H groups in total. The van der Waals surface area contributed by atoms with E-state index in [0.29, 0.717) is 0 Å². The third kappa shape index (κ3) is 10.7. The van der Waals surface area contributed by atoms with Crippen LogP contribution in [0.15, 0.2) is 36.8 Å². The monoisotopic (exact) mass is 256 g/mol. The number of nitrogens with one attached hydrogen (secondary N) is 2. The highest BCUT2D eigenvalue weighted by Crippen LogP contribution is 2.06. The average molecular weight is 256 g/mol. The van der Waals surface area contributed by atoms with Crippen molar-refractivity contribution < 1.29 is 13.9 Å². The molecular weight excluding hydrogens is 235 g/mol. The average Bonchev–Trinajstić information content (AvgIpc) is 2.22. The van der Waals surface area contributed by atoms with Crippen molar-refractivity contribution in [2.75, 3.05) is 13.1 Å². The first-order chi connectivity index (χ1) is 8.35. The SMILES string of the molecule is C=C/C=C/NC/C(F)=C/CNC(=O)OC(C)(C)C. The van der Waals surface area contributed by atoms with Crippen molar-refractivity contribution in [2.45, 2.75) is 26.4 Å². The molecule has 0 aromatic rings. The van der Waals surface area contributed by atoms with Crippen LogP contribution in [0.4, 0.5) is 9.18 Å². The summed E-state index contributed by atoms with van der Waals surface area (Å²) in [6, 6.07) is 0. The maximum absolute atomic E-state index is 13.2. The number of hydrogen-bond acceptors (Lipinski definition) is 3. The van der Waals surface area contributed by atoms with E-state index in [1.54, 1.807) is 39.1 Å².